The third-order valence-electron chi connectivity index (χ3n) is 5.24. The largest absolute Gasteiger partial charge is 0.493 e. The summed E-state index contributed by atoms with van der Waals surface area (Å²) in [6.45, 7) is 5.83. The van der Waals surface area contributed by atoms with Crippen LogP contribution in [0.1, 0.15) is 30.7 Å². The first-order chi connectivity index (χ1) is 9.90. The molecule has 0 aromatic heterocycles. The summed E-state index contributed by atoms with van der Waals surface area (Å²) in [5.41, 5.74) is 1.42. The van der Waals surface area contributed by atoms with Crippen LogP contribution in [0, 0.1) is 5.92 Å². The average Bonchev–Trinajstić information content (AvgIpc) is 2.90. The Balaban J connectivity index is 1.45. The zero-order valence-electron chi connectivity index (χ0n) is 12.1. The van der Waals surface area contributed by atoms with Crippen molar-refractivity contribution in [3.63, 3.8) is 0 Å². The number of ether oxygens (including phenoxy) is 1. The third kappa shape index (κ3) is 2.33. The lowest BCUT2D eigenvalue weighted by Crippen LogP contribution is -2.40. The molecule has 2 saturated heterocycles. The van der Waals surface area contributed by atoms with Crippen molar-refractivity contribution in [2.24, 2.45) is 5.92 Å². The van der Waals surface area contributed by atoms with Gasteiger partial charge < -0.3 is 15.0 Å². The molecule has 3 aliphatic rings. The Kier molecular flexibility index (Phi) is 3.41. The second-order valence-electron chi connectivity index (χ2n) is 6.55. The van der Waals surface area contributed by atoms with Gasteiger partial charge in [0.05, 0.1) is 6.61 Å². The number of benzene rings is 1. The molecule has 4 rings (SSSR count). The smallest absolute Gasteiger partial charge is 0.122 e. The molecular weight excluding hydrogens is 248 g/mol. The SMILES string of the molecule is c1ccc2c(c1)OCCC2CN1CC2CCCNC2C1. The Labute approximate surface area is 121 Å². The summed E-state index contributed by atoms with van der Waals surface area (Å²) in [5, 5.41) is 3.70. The van der Waals surface area contributed by atoms with Crippen molar-refractivity contribution in [3.8, 4) is 5.75 Å². The molecule has 3 heteroatoms. The van der Waals surface area contributed by atoms with E-state index in [0.717, 1.165) is 30.7 Å². The van der Waals surface area contributed by atoms with E-state index in [1.807, 2.05) is 0 Å². The van der Waals surface area contributed by atoms with Gasteiger partial charge in [0, 0.05) is 31.6 Å². The molecule has 0 saturated carbocycles. The van der Waals surface area contributed by atoms with Gasteiger partial charge in [-0.15, -0.1) is 0 Å². The molecule has 0 bridgehead atoms. The zero-order valence-corrected chi connectivity index (χ0v) is 12.1. The fourth-order valence-corrected chi connectivity index (χ4v) is 4.20. The van der Waals surface area contributed by atoms with Gasteiger partial charge in [0.1, 0.15) is 5.75 Å². The number of para-hydroxylation sites is 1. The van der Waals surface area contributed by atoms with Crippen LogP contribution >= 0.6 is 0 Å². The van der Waals surface area contributed by atoms with Gasteiger partial charge in [-0.3, -0.25) is 0 Å². The summed E-state index contributed by atoms with van der Waals surface area (Å²) in [4.78, 5) is 2.68. The van der Waals surface area contributed by atoms with Crippen molar-refractivity contribution in [1.82, 2.24) is 10.2 Å². The van der Waals surface area contributed by atoms with Crippen molar-refractivity contribution >= 4 is 0 Å². The zero-order chi connectivity index (χ0) is 13.4. The van der Waals surface area contributed by atoms with Crippen LogP contribution in [0.25, 0.3) is 0 Å². The van der Waals surface area contributed by atoms with Crippen molar-refractivity contribution in [2.45, 2.75) is 31.2 Å². The Morgan fingerprint density at radius 1 is 1.20 bits per heavy atom. The van der Waals surface area contributed by atoms with Gasteiger partial charge in [0.15, 0.2) is 0 Å². The summed E-state index contributed by atoms with van der Waals surface area (Å²) < 4.78 is 5.78. The Bertz CT molecular complexity index is 462. The third-order valence-corrected chi connectivity index (χ3v) is 5.24. The lowest BCUT2D eigenvalue weighted by molar-refractivity contribution is 0.228. The molecule has 0 radical (unpaired) electrons. The normalized spacial score (nSPS) is 33.3. The predicted molar refractivity (Wildman–Crippen MR) is 80.2 cm³/mol. The monoisotopic (exact) mass is 272 g/mol. The van der Waals surface area contributed by atoms with E-state index in [1.54, 1.807) is 0 Å². The van der Waals surface area contributed by atoms with E-state index in [4.69, 9.17) is 4.74 Å². The van der Waals surface area contributed by atoms with Crippen LogP contribution in [0.3, 0.4) is 0 Å². The lowest BCUT2D eigenvalue weighted by Gasteiger charge is -2.29. The maximum absolute atomic E-state index is 5.78. The summed E-state index contributed by atoms with van der Waals surface area (Å²) in [7, 11) is 0. The number of fused-ring (bicyclic) bond motifs is 2. The highest BCUT2D eigenvalue weighted by Crippen LogP contribution is 2.35. The number of nitrogens with one attached hydrogen (secondary N) is 1. The van der Waals surface area contributed by atoms with Crippen molar-refractivity contribution < 1.29 is 4.74 Å². The standard InChI is InChI=1S/C17H24N2O/c1-2-6-17-15(5-1)13(7-9-20-17)10-19-11-14-4-3-8-18-16(14)12-19/h1-2,5-6,13-14,16,18H,3-4,7-12H2. The minimum absolute atomic E-state index is 0.653. The summed E-state index contributed by atoms with van der Waals surface area (Å²) >= 11 is 0. The minimum Gasteiger partial charge on any atom is -0.493 e. The number of piperidine rings is 1. The Hall–Kier alpha value is -1.06. The van der Waals surface area contributed by atoms with E-state index in [0.29, 0.717) is 5.92 Å². The predicted octanol–water partition coefficient (Wildman–Crippen LogP) is 2.24. The molecule has 3 nitrogen and oxygen atoms in total. The van der Waals surface area contributed by atoms with E-state index >= 15 is 0 Å². The number of hydrogen-bond donors (Lipinski definition) is 1. The van der Waals surface area contributed by atoms with E-state index in [2.05, 4.69) is 34.5 Å². The van der Waals surface area contributed by atoms with E-state index in [1.165, 1.54) is 44.6 Å². The number of nitrogens with zero attached hydrogens (tertiary/aromatic N) is 1. The van der Waals surface area contributed by atoms with Gasteiger partial charge in [-0.25, -0.2) is 0 Å². The van der Waals surface area contributed by atoms with Crippen molar-refractivity contribution in [2.75, 3.05) is 32.8 Å². The second kappa shape index (κ2) is 5.38. The van der Waals surface area contributed by atoms with Crippen molar-refractivity contribution in [1.29, 1.82) is 0 Å². The molecule has 3 heterocycles. The Morgan fingerprint density at radius 3 is 3.10 bits per heavy atom. The van der Waals surface area contributed by atoms with Crippen LogP contribution in [-0.4, -0.2) is 43.7 Å². The molecule has 3 unspecified atom stereocenters. The topological polar surface area (TPSA) is 24.5 Å². The van der Waals surface area contributed by atoms with Gasteiger partial charge in [0.2, 0.25) is 0 Å². The second-order valence-corrected chi connectivity index (χ2v) is 6.55. The maximum atomic E-state index is 5.78. The van der Waals surface area contributed by atoms with Crippen LogP contribution in [0.2, 0.25) is 0 Å². The first-order valence-electron chi connectivity index (χ1n) is 8.07. The molecule has 1 aromatic carbocycles. The van der Waals surface area contributed by atoms with Crippen LogP contribution in [-0.2, 0) is 0 Å². The molecule has 3 aliphatic heterocycles. The first-order valence-corrected chi connectivity index (χ1v) is 8.07. The molecule has 3 atom stereocenters. The van der Waals surface area contributed by atoms with Gasteiger partial charge in [-0.05, 0) is 43.4 Å². The maximum Gasteiger partial charge on any atom is 0.122 e. The van der Waals surface area contributed by atoms with Crippen molar-refractivity contribution in [3.05, 3.63) is 29.8 Å². The van der Waals surface area contributed by atoms with E-state index < -0.39 is 0 Å². The molecule has 2 fully saturated rings. The highest BCUT2D eigenvalue weighted by molar-refractivity contribution is 5.38. The van der Waals surface area contributed by atoms with E-state index in [-0.39, 0.29) is 0 Å². The van der Waals surface area contributed by atoms with Gasteiger partial charge in [-0.2, -0.15) is 0 Å². The molecule has 0 aliphatic carbocycles. The lowest BCUT2D eigenvalue weighted by atomic mass is 9.92. The molecule has 20 heavy (non-hydrogen) atoms. The molecule has 1 N–H and O–H groups in total. The number of likely N-dealkylation sites (tertiary alicyclic amines) is 1. The van der Waals surface area contributed by atoms with E-state index in [9.17, 15) is 0 Å². The molecule has 108 valence electrons. The van der Waals surface area contributed by atoms with Gasteiger partial charge in [-0.1, -0.05) is 18.2 Å². The van der Waals surface area contributed by atoms with Gasteiger partial charge in [0.25, 0.3) is 0 Å². The fraction of sp³-hybridized carbons (Fsp3) is 0.647. The molecule has 0 spiro atoms. The van der Waals surface area contributed by atoms with Crippen LogP contribution in [0.5, 0.6) is 5.75 Å². The molecule has 0 amide bonds. The summed E-state index contributed by atoms with van der Waals surface area (Å²) in [6, 6.07) is 9.34. The number of hydrogen-bond acceptors (Lipinski definition) is 3. The molecular formula is C17H24N2O. The first kappa shape index (κ1) is 12.7. The number of rotatable bonds is 2. The fourth-order valence-electron chi connectivity index (χ4n) is 4.20. The van der Waals surface area contributed by atoms with Gasteiger partial charge >= 0.3 is 0 Å². The van der Waals surface area contributed by atoms with Crippen LogP contribution in [0.15, 0.2) is 24.3 Å². The summed E-state index contributed by atoms with van der Waals surface area (Å²) in [5.74, 6) is 2.65. The Morgan fingerprint density at radius 2 is 2.15 bits per heavy atom. The summed E-state index contributed by atoms with van der Waals surface area (Å²) in [6.07, 6.45) is 3.93. The average molecular weight is 272 g/mol. The quantitative estimate of drug-likeness (QED) is 0.893. The highest BCUT2D eigenvalue weighted by atomic mass is 16.5. The minimum atomic E-state index is 0.653. The van der Waals surface area contributed by atoms with Crippen LogP contribution in [0.4, 0.5) is 0 Å². The highest BCUT2D eigenvalue weighted by Gasteiger charge is 2.35. The van der Waals surface area contributed by atoms with Crippen LogP contribution < -0.4 is 10.1 Å². The molecule has 1 aromatic rings.